The van der Waals surface area contributed by atoms with Crippen LogP contribution in [-0.4, -0.2) is 51.9 Å². The Morgan fingerprint density at radius 1 is 1.27 bits per heavy atom. The number of benzene rings is 1. The van der Waals surface area contributed by atoms with Gasteiger partial charge in [0.25, 0.3) is 11.6 Å². The number of carbonyl (C=O) groups excluding carboxylic acids is 1. The molecule has 1 amide bonds. The lowest BCUT2D eigenvalue weighted by molar-refractivity contribution is -0.384. The van der Waals surface area contributed by atoms with Crippen molar-refractivity contribution < 1.29 is 9.72 Å². The van der Waals surface area contributed by atoms with Crippen molar-refractivity contribution in [3.63, 3.8) is 0 Å². The fraction of sp³-hybridized carbons (Fsp3) is 0.250. The van der Waals surface area contributed by atoms with Crippen molar-refractivity contribution in [2.75, 3.05) is 31.5 Å². The Morgan fingerprint density at radius 3 is 2.77 bits per heavy atom. The first-order chi connectivity index (χ1) is 14.5. The number of thiazole rings is 1. The minimum Gasteiger partial charge on any atom is -0.336 e. The number of amides is 1. The summed E-state index contributed by atoms with van der Waals surface area (Å²) in [4.78, 5) is 35.5. The SMILES string of the molecule is Cc1cnc(Nc2cc(C(=O)N3CCNCC3)cc(-c3cccc([N+](=O)[O-])c3)n2)s1. The highest BCUT2D eigenvalue weighted by atomic mass is 32.1. The molecule has 0 aliphatic carbocycles. The molecule has 0 spiro atoms. The van der Waals surface area contributed by atoms with E-state index in [1.54, 1.807) is 35.4 Å². The van der Waals surface area contributed by atoms with Crippen LogP contribution in [0.2, 0.25) is 0 Å². The van der Waals surface area contributed by atoms with Gasteiger partial charge in [0.2, 0.25) is 0 Å². The van der Waals surface area contributed by atoms with Crippen LogP contribution in [0.15, 0.2) is 42.6 Å². The average Bonchev–Trinajstić information content (AvgIpc) is 3.18. The molecule has 1 aliphatic heterocycles. The molecule has 0 radical (unpaired) electrons. The number of nitro benzene ring substituents is 1. The number of anilines is 2. The number of nitro groups is 1. The second-order valence-electron chi connectivity index (χ2n) is 6.88. The maximum absolute atomic E-state index is 13.1. The summed E-state index contributed by atoms with van der Waals surface area (Å²) < 4.78 is 0. The molecule has 0 atom stereocenters. The summed E-state index contributed by atoms with van der Waals surface area (Å²) in [5, 5.41) is 18.2. The van der Waals surface area contributed by atoms with Crippen molar-refractivity contribution in [3.8, 4) is 11.3 Å². The Bertz CT molecular complexity index is 1090. The lowest BCUT2D eigenvalue weighted by Gasteiger charge is -2.27. The van der Waals surface area contributed by atoms with E-state index in [0.29, 0.717) is 40.9 Å². The van der Waals surface area contributed by atoms with Crippen LogP contribution in [0.5, 0.6) is 0 Å². The molecule has 2 aromatic heterocycles. The fourth-order valence-corrected chi connectivity index (χ4v) is 3.89. The standard InChI is InChI=1S/C20H20N6O3S/c1-13-12-22-20(30-13)24-18-11-15(19(27)25-7-5-21-6-8-25)10-17(23-18)14-3-2-4-16(9-14)26(28)29/h2-4,9-12,21H,5-8H2,1H3,(H,22,23,24). The van der Waals surface area contributed by atoms with Crippen molar-refractivity contribution in [2.24, 2.45) is 0 Å². The normalized spacial score (nSPS) is 13.8. The van der Waals surface area contributed by atoms with Gasteiger partial charge in [0.05, 0.1) is 10.6 Å². The van der Waals surface area contributed by atoms with Crippen molar-refractivity contribution in [1.82, 2.24) is 20.2 Å². The van der Waals surface area contributed by atoms with Gasteiger partial charge in [-0.3, -0.25) is 14.9 Å². The van der Waals surface area contributed by atoms with Crippen LogP contribution in [0.25, 0.3) is 11.3 Å². The number of nitrogens with zero attached hydrogens (tertiary/aromatic N) is 4. The van der Waals surface area contributed by atoms with Gasteiger partial charge in [-0.25, -0.2) is 9.97 Å². The molecule has 0 saturated carbocycles. The third-order valence-corrected chi connectivity index (χ3v) is 5.51. The molecule has 0 bridgehead atoms. The largest absolute Gasteiger partial charge is 0.336 e. The van der Waals surface area contributed by atoms with Gasteiger partial charge in [-0.05, 0) is 19.1 Å². The van der Waals surface area contributed by atoms with Gasteiger partial charge < -0.3 is 15.5 Å². The van der Waals surface area contributed by atoms with Crippen LogP contribution < -0.4 is 10.6 Å². The maximum atomic E-state index is 13.1. The number of rotatable bonds is 5. The minimum absolute atomic E-state index is 0.0295. The lowest BCUT2D eigenvalue weighted by atomic mass is 10.1. The highest BCUT2D eigenvalue weighted by molar-refractivity contribution is 7.15. The van der Waals surface area contributed by atoms with Crippen LogP contribution in [0.3, 0.4) is 0 Å². The van der Waals surface area contributed by atoms with Crippen LogP contribution in [0.4, 0.5) is 16.6 Å². The van der Waals surface area contributed by atoms with Gasteiger partial charge in [0.15, 0.2) is 5.13 Å². The molecule has 0 unspecified atom stereocenters. The van der Waals surface area contributed by atoms with Gasteiger partial charge >= 0.3 is 0 Å². The molecule has 9 nitrogen and oxygen atoms in total. The molecule has 154 valence electrons. The summed E-state index contributed by atoms with van der Waals surface area (Å²) in [5.41, 5.74) is 1.50. The topological polar surface area (TPSA) is 113 Å². The van der Waals surface area contributed by atoms with Crippen LogP contribution in [0.1, 0.15) is 15.2 Å². The molecule has 1 fully saturated rings. The van der Waals surface area contributed by atoms with E-state index < -0.39 is 4.92 Å². The third-order valence-electron chi connectivity index (χ3n) is 4.69. The van der Waals surface area contributed by atoms with Gasteiger partial charge in [0, 0.05) is 60.5 Å². The Kier molecular flexibility index (Phi) is 5.68. The molecule has 30 heavy (non-hydrogen) atoms. The van der Waals surface area contributed by atoms with E-state index in [1.165, 1.54) is 23.5 Å². The molecule has 4 rings (SSSR count). The molecule has 3 aromatic rings. The van der Waals surface area contributed by atoms with Crippen LogP contribution >= 0.6 is 11.3 Å². The molecule has 1 aliphatic rings. The van der Waals surface area contributed by atoms with E-state index in [0.717, 1.165) is 18.0 Å². The number of aryl methyl sites for hydroxylation is 1. The summed E-state index contributed by atoms with van der Waals surface area (Å²) in [6.07, 6.45) is 1.75. The monoisotopic (exact) mass is 424 g/mol. The number of pyridine rings is 1. The van der Waals surface area contributed by atoms with E-state index in [2.05, 4.69) is 20.6 Å². The van der Waals surface area contributed by atoms with Gasteiger partial charge in [-0.2, -0.15) is 0 Å². The molecule has 10 heteroatoms. The number of hydrogen-bond acceptors (Lipinski definition) is 8. The zero-order valence-corrected chi connectivity index (χ0v) is 17.1. The van der Waals surface area contributed by atoms with Gasteiger partial charge in [-0.1, -0.05) is 12.1 Å². The molecular formula is C20H20N6O3S. The van der Waals surface area contributed by atoms with E-state index in [1.807, 2.05) is 6.92 Å². The Labute approximate surface area is 176 Å². The highest BCUT2D eigenvalue weighted by Crippen LogP contribution is 2.28. The summed E-state index contributed by atoms with van der Waals surface area (Å²) in [7, 11) is 0. The zero-order chi connectivity index (χ0) is 21.1. The van der Waals surface area contributed by atoms with E-state index in [4.69, 9.17) is 0 Å². The molecular weight excluding hydrogens is 404 g/mol. The molecule has 3 heterocycles. The summed E-state index contributed by atoms with van der Waals surface area (Å²) in [6, 6.07) is 9.61. The lowest BCUT2D eigenvalue weighted by Crippen LogP contribution is -2.46. The first-order valence-electron chi connectivity index (χ1n) is 9.46. The van der Waals surface area contributed by atoms with Crippen molar-refractivity contribution in [1.29, 1.82) is 0 Å². The Morgan fingerprint density at radius 2 is 2.07 bits per heavy atom. The summed E-state index contributed by atoms with van der Waals surface area (Å²) >= 11 is 1.48. The number of aromatic nitrogens is 2. The second kappa shape index (κ2) is 8.56. The smallest absolute Gasteiger partial charge is 0.270 e. The van der Waals surface area contributed by atoms with Crippen LogP contribution in [-0.2, 0) is 0 Å². The number of carbonyl (C=O) groups is 1. The Balaban J connectivity index is 1.74. The highest BCUT2D eigenvalue weighted by Gasteiger charge is 2.20. The van der Waals surface area contributed by atoms with Crippen molar-refractivity contribution >= 4 is 33.9 Å². The summed E-state index contributed by atoms with van der Waals surface area (Å²) in [6.45, 7) is 4.70. The summed E-state index contributed by atoms with van der Waals surface area (Å²) in [5.74, 6) is 0.371. The van der Waals surface area contributed by atoms with Crippen molar-refractivity contribution in [2.45, 2.75) is 6.92 Å². The zero-order valence-electron chi connectivity index (χ0n) is 16.3. The maximum Gasteiger partial charge on any atom is 0.270 e. The quantitative estimate of drug-likeness (QED) is 0.477. The van der Waals surface area contributed by atoms with Gasteiger partial charge in [-0.15, -0.1) is 11.3 Å². The van der Waals surface area contributed by atoms with Crippen molar-refractivity contribution in [3.05, 3.63) is 63.1 Å². The number of nitrogens with one attached hydrogen (secondary N) is 2. The molecule has 1 saturated heterocycles. The Hall–Kier alpha value is -3.37. The first kappa shape index (κ1) is 19.9. The second-order valence-corrected chi connectivity index (χ2v) is 8.11. The predicted octanol–water partition coefficient (Wildman–Crippen LogP) is 3.21. The van der Waals surface area contributed by atoms with E-state index in [-0.39, 0.29) is 11.6 Å². The van der Waals surface area contributed by atoms with Crippen LogP contribution in [0, 0.1) is 17.0 Å². The minimum atomic E-state index is -0.448. The van der Waals surface area contributed by atoms with E-state index in [9.17, 15) is 14.9 Å². The van der Waals surface area contributed by atoms with Gasteiger partial charge in [0.1, 0.15) is 5.82 Å². The predicted molar refractivity (Wildman–Crippen MR) is 115 cm³/mol. The molecule has 1 aromatic carbocycles. The number of hydrogen-bond donors (Lipinski definition) is 2. The first-order valence-corrected chi connectivity index (χ1v) is 10.3. The third kappa shape index (κ3) is 4.44. The fourth-order valence-electron chi connectivity index (χ4n) is 3.22. The number of non-ortho nitro benzene ring substituents is 1. The van der Waals surface area contributed by atoms with E-state index >= 15 is 0 Å². The average molecular weight is 424 g/mol. The number of piperazine rings is 1. The molecule has 2 N–H and O–H groups in total.